The van der Waals surface area contributed by atoms with E-state index >= 15 is 0 Å². The van der Waals surface area contributed by atoms with E-state index in [1.807, 2.05) is 50.3 Å². The molecule has 2 atom stereocenters. The van der Waals surface area contributed by atoms with Crippen LogP contribution in [-0.2, 0) is 11.3 Å². The summed E-state index contributed by atoms with van der Waals surface area (Å²) in [6, 6.07) is 16.3. The summed E-state index contributed by atoms with van der Waals surface area (Å²) < 4.78 is 0. The first-order valence-electron chi connectivity index (χ1n) is 11.6. The van der Waals surface area contributed by atoms with Crippen LogP contribution in [-0.4, -0.2) is 34.0 Å². The van der Waals surface area contributed by atoms with Crippen molar-refractivity contribution in [2.24, 2.45) is 0 Å². The molecule has 2 amide bonds. The van der Waals surface area contributed by atoms with E-state index in [9.17, 15) is 9.59 Å². The number of aryl methyl sites for hydroxylation is 1. The molecule has 0 radical (unpaired) electrons. The Labute approximate surface area is 195 Å². The average Bonchev–Trinajstić information content (AvgIpc) is 2.78. The Morgan fingerprint density at radius 1 is 1.12 bits per heavy atom. The van der Waals surface area contributed by atoms with Gasteiger partial charge in [-0.1, -0.05) is 49.2 Å². The SMILES string of the molecule is Cc1ccccc1CN1C(=O)/C(=C\c2ccc(C(=O)NC(C)C)cc2)SC2CCCCC21. The number of nitrogens with zero attached hydrogens (tertiary/aromatic N) is 1. The Morgan fingerprint density at radius 2 is 1.84 bits per heavy atom. The van der Waals surface area contributed by atoms with Crippen LogP contribution in [0.25, 0.3) is 6.08 Å². The van der Waals surface area contributed by atoms with Gasteiger partial charge >= 0.3 is 0 Å². The predicted molar refractivity (Wildman–Crippen MR) is 132 cm³/mol. The molecule has 4 rings (SSSR count). The number of nitrogens with one attached hydrogen (secondary N) is 1. The lowest BCUT2D eigenvalue weighted by Gasteiger charge is -2.44. The molecular formula is C27H32N2O2S. The van der Waals surface area contributed by atoms with Gasteiger partial charge in [-0.25, -0.2) is 0 Å². The molecule has 0 spiro atoms. The minimum atomic E-state index is -0.0724. The largest absolute Gasteiger partial charge is 0.350 e. The fourth-order valence-corrected chi connectivity index (χ4v) is 6.03. The molecule has 1 N–H and O–H groups in total. The van der Waals surface area contributed by atoms with Crippen molar-refractivity contribution in [3.63, 3.8) is 0 Å². The minimum Gasteiger partial charge on any atom is -0.350 e. The number of carbonyl (C=O) groups is 2. The molecular weight excluding hydrogens is 416 g/mol. The zero-order valence-corrected chi connectivity index (χ0v) is 20.0. The topological polar surface area (TPSA) is 49.4 Å². The van der Waals surface area contributed by atoms with Crippen molar-refractivity contribution >= 4 is 29.7 Å². The lowest BCUT2D eigenvalue weighted by atomic mass is 9.92. The molecule has 2 fully saturated rings. The number of hydrogen-bond donors (Lipinski definition) is 1. The molecule has 4 nitrogen and oxygen atoms in total. The van der Waals surface area contributed by atoms with Gasteiger partial charge < -0.3 is 10.2 Å². The van der Waals surface area contributed by atoms with Gasteiger partial charge in [0.2, 0.25) is 0 Å². The third-order valence-corrected chi connectivity index (χ3v) is 7.71. The van der Waals surface area contributed by atoms with Crippen LogP contribution in [0.5, 0.6) is 0 Å². The van der Waals surface area contributed by atoms with Gasteiger partial charge in [0, 0.05) is 29.4 Å². The number of benzene rings is 2. The highest BCUT2D eigenvalue weighted by Gasteiger charge is 2.40. The summed E-state index contributed by atoms with van der Waals surface area (Å²) in [5.74, 6) is 0.0554. The van der Waals surface area contributed by atoms with Crippen molar-refractivity contribution in [3.8, 4) is 0 Å². The number of carbonyl (C=O) groups excluding carboxylic acids is 2. The summed E-state index contributed by atoms with van der Waals surface area (Å²) in [6.07, 6.45) is 6.65. The number of amides is 2. The zero-order chi connectivity index (χ0) is 22.7. The summed E-state index contributed by atoms with van der Waals surface area (Å²) >= 11 is 1.75. The molecule has 5 heteroatoms. The van der Waals surface area contributed by atoms with Gasteiger partial charge in [0.05, 0.1) is 4.91 Å². The number of rotatable bonds is 5. The fraction of sp³-hybridized carbons (Fsp3) is 0.407. The number of hydrogen-bond acceptors (Lipinski definition) is 3. The van der Waals surface area contributed by atoms with Gasteiger partial charge in [-0.2, -0.15) is 0 Å². The van der Waals surface area contributed by atoms with Crippen molar-refractivity contribution in [3.05, 3.63) is 75.7 Å². The summed E-state index contributed by atoms with van der Waals surface area (Å²) in [5, 5.41) is 3.36. The maximum absolute atomic E-state index is 13.6. The van der Waals surface area contributed by atoms with Crippen molar-refractivity contribution in [1.29, 1.82) is 0 Å². The van der Waals surface area contributed by atoms with Crippen LogP contribution >= 0.6 is 11.8 Å². The smallest absolute Gasteiger partial charge is 0.260 e. The number of fused-ring (bicyclic) bond motifs is 1. The molecule has 0 aromatic heterocycles. The first-order chi connectivity index (χ1) is 15.4. The molecule has 2 aromatic carbocycles. The van der Waals surface area contributed by atoms with Crippen molar-refractivity contribution in [2.75, 3.05) is 0 Å². The molecule has 1 saturated heterocycles. The van der Waals surface area contributed by atoms with Crippen molar-refractivity contribution in [1.82, 2.24) is 10.2 Å². The second-order valence-electron chi connectivity index (χ2n) is 9.13. The zero-order valence-electron chi connectivity index (χ0n) is 19.1. The van der Waals surface area contributed by atoms with Gasteiger partial charge in [0.1, 0.15) is 0 Å². The highest BCUT2D eigenvalue weighted by atomic mass is 32.2. The Kier molecular flexibility index (Phi) is 7.04. The van der Waals surface area contributed by atoms with E-state index < -0.39 is 0 Å². The minimum absolute atomic E-state index is 0.0724. The molecule has 1 saturated carbocycles. The van der Waals surface area contributed by atoms with Crippen LogP contribution in [0.4, 0.5) is 0 Å². The molecule has 1 aliphatic carbocycles. The Bertz CT molecular complexity index is 1010. The molecule has 168 valence electrons. The first-order valence-corrected chi connectivity index (χ1v) is 12.4. The molecule has 2 aliphatic rings. The maximum atomic E-state index is 13.6. The highest BCUT2D eigenvalue weighted by molar-refractivity contribution is 8.04. The maximum Gasteiger partial charge on any atom is 0.260 e. The lowest BCUT2D eigenvalue weighted by molar-refractivity contribution is -0.130. The second-order valence-corrected chi connectivity index (χ2v) is 10.4. The second kappa shape index (κ2) is 9.95. The van der Waals surface area contributed by atoms with Crippen LogP contribution in [0.15, 0.2) is 53.4 Å². The third kappa shape index (κ3) is 5.09. The van der Waals surface area contributed by atoms with E-state index in [0.717, 1.165) is 23.3 Å². The fourth-order valence-electron chi connectivity index (χ4n) is 4.56. The van der Waals surface area contributed by atoms with Crippen LogP contribution in [0.1, 0.15) is 66.6 Å². The van der Waals surface area contributed by atoms with Crippen LogP contribution in [0.3, 0.4) is 0 Å². The standard InChI is InChI=1S/C27H32N2O2S/c1-18(2)28-26(30)21-14-12-20(13-15-21)16-25-27(31)29(17-22-9-5-4-8-19(22)3)23-10-6-7-11-24(23)32-25/h4-5,8-9,12-16,18,23-24H,6-7,10-11,17H2,1-3H3,(H,28,30)/b25-16+. The van der Waals surface area contributed by atoms with Gasteiger partial charge in [-0.05, 0) is 68.5 Å². The average molecular weight is 449 g/mol. The number of thioether (sulfide) groups is 1. The quantitative estimate of drug-likeness (QED) is 0.609. The molecule has 0 bridgehead atoms. The normalized spacial score (nSPS) is 22.2. The van der Waals surface area contributed by atoms with Gasteiger partial charge in [0.25, 0.3) is 11.8 Å². The Morgan fingerprint density at radius 3 is 2.56 bits per heavy atom. The monoisotopic (exact) mass is 448 g/mol. The lowest BCUT2D eigenvalue weighted by Crippen LogP contribution is -2.50. The van der Waals surface area contributed by atoms with Crippen LogP contribution < -0.4 is 5.32 Å². The molecule has 2 aromatic rings. The first kappa shape index (κ1) is 22.7. The summed E-state index contributed by atoms with van der Waals surface area (Å²) in [4.78, 5) is 28.7. The van der Waals surface area contributed by atoms with E-state index in [4.69, 9.17) is 0 Å². The molecule has 2 unspecified atom stereocenters. The van der Waals surface area contributed by atoms with Crippen LogP contribution in [0, 0.1) is 6.92 Å². The van der Waals surface area contributed by atoms with Gasteiger partial charge in [-0.15, -0.1) is 11.8 Å². The Hall–Kier alpha value is -2.53. The molecule has 1 aliphatic heterocycles. The summed E-state index contributed by atoms with van der Waals surface area (Å²) in [5.41, 5.74) is 4.03. The molecule has 1 heterocycles. The van der Waals surface area contributed by atoms with E-state index in [1.165, 1.54) is 24.0 Å². The van der Waals surface area contributed by atoms with Gasteiger partial charge in [-0.3, -0.25) is 9.59 Å². The predicted octanol–water partition coefficient (Wildman–Crippen LogP) is 5.56. The van der Waals surface area contributed by atoms with E-state index in [0.29, 0.717) is 23.4 Å². The highest BCUT2D eigenvalue weighted by Crippen LogP contribution is 2.42. The van der Waals surface area contributed by atoms with E-state index in [2.05, 4.69) is 35.3 Å². The van der Waals surface area contributed by atoms with E-state index in [1.54, 1.807) is 11.8 Å². The van der Waals surface area contributed by atoms with E-state index in [-0.39, 0.29) is 17.9 Å². The Balaban J connectivity index is 1.58. The third-order valence-electron chi connectivity index (χ3n) is 6.31. The van der Waals surface area contributed by atoms with Crippen molar-refractivity contribution < 1.29 is 9.59 Å². The summed E-state index contributed by atoms with van der Waals surface area (Å²) in [7, 11) is 0. The van der Waals surface area contributed by atoms with Crippen molar-refractivity contribution in [2.45, 2.75) is 70.3 Å². The molecule has 32 heavy (non-hydrogen) atoms. The van der Waals surface area contributed by atoms with Gasteiger partial charge in [0.15, 0.2) is 0 Å². The summed E-state index contributed by atoms with van der Waals surface area (Å²) in [6.45, 7) is 6.68. The van der Waals surface area contributed by atoms with Crippen LogP contribution in [0.2, 0.25) is 0 Å².